The van der Waals surface area contributed by atoms with Crippen molar-refractivity contribution in [2.24, 2.45) is 0 Å². The van der Waals surface area contributed by atoms with Crippen LogP contribution < -0.4 is 0 Å². The lowest BCUT2D eigenvalue weighted by Gasteiger charge is -2.10. The van der Waals surface area contributed by atoms with Crippen LogP contribution in [0.4, 0.5) is 0 Å². The summed E-state index contributed by atoms with van der Waals surface area (Å²) < 4.78 is 11.4. The molecule has 0 radical (unpaired) electrons. The number of fused-ring (bicyclic) bond motifs is 9. The molecule has 45 heavy (non-hydrogen) atoms. The van der Waals surface area contributed by atoms with Gasteiger partial charge in [-0.3, -0.25) is 0 Å². The number of aromatic nitrogens is 1. The van der Waals surface area contributed by atoms with Crippen molar-refractivity contribution in [3.05, 3.63) is 152 Å². The summed E-state index contributed by atoms with van der Waals surface area (Å²) in [6, 6.07) is 54.9. The number of hydrogen-bond donors (Lipinski definition) is 0. The van der Waals surface area contributed by atoms with Gasteiger partial charge in [0.25, 0.3) is 0 Å². The number of hydrogen-bond acceptors (Lipinski definition) is 2. The van der Waals surface area contributed by atoms with Crippen molar-refractivity contribution in [1.29, 1.82) is 0 Å². The average molecular weight is 592 g/mol. The van der Waals surface area contributed by atoms with Crippen molar-refractivity contribution < 1.29 is 4.42 Å². The lowest BCUT2D eigenvalue weighted by Crippen LogP contribution is -1.94. The number of nitrogens with zero attached hydrogens (tertiary/aromatic N) is 1. The highest BCUT2D eigenvalue weighted by molar-refractivity contribution is 7.25. The third kappa shape index (κ3) is 3.75. The first kappa shape index (κ1) is 24.8. The van der Waals surface area contributed by atoms with E-state index in [1.165, 1.54) is 64.2 Å². The van der Waals surface area contributed by atoms with Gasteiger partial charge >= 0.3 is 0 Å². The van der Waals surface area contributed by atoms with E-state index >= 15 is 0 Å². The Hall–Kier alpha value is -5.64. The zero-order chi connectivity index (χ0) is 29.5. The predicted molar refractivity (Wildman–Crippen MR) is 192 cm³/mol. The molecular formula is C42H25NOS. The molecule has 7 aromatic carbocycles. The van der Waals surface area contributed by atoms with Gasteiger partial charge in [-0.05, 0) is 76.9 Å². The van der Waals surface area contributed by atoms with Crippen molar-refractivity contribution in [3.63, 3.8) is 0 Å². The van der Waals surface area contributed by atoms with Crippen LogP contribution in [0.2, 0.25) is 0 Å². The fraction of sp³-hybridized carbons (Fsp3) is 0. The first-order valence-corrected chi connectivity index (χ1v) is 16.1. The zero-order valence-corrected chi connectivity index (χ0v) is 25.0. The summed E-state index contributed by atoms with van der Waals surface area (Å²) in [5.74, 6) is 0. The molecule has 10 rings (SSSR count). The van der Waals surface area contributed by atoms with Crippen LogP contribution in [0.1, 0.15) is 0 Å². The lowest BCUT2D eigenvalue weighted by atomic mass is 10.00. The predicted octanol–water partition coefficient (Wildman–Crippen LogP) is 12.4. The van der Waals surface area contributed by atoms with E-state index in [9.17, 15) is 0 Å². The van der Waals surface area contributed by atoms with Crippen LogP contribution in [-0.2, 0) is 0 Å². The van der Waals surface area contributed by atoms with Crippen LogP contribution in [0.15, 0.2) is 156 Å². The molecule has 0 aliphatic heterocycles. The highest BCUT2D eigenvalue weighted by atomic mass is 32.1. The van der Waals surface area contributed by atoms with Crippen LogP contribution >= 0.6 is 11.3 Å². The number of para-hydroxylation sites is 1. The molecule has 2 nitrogen and oxygen atoms in total. The van der Waals surface area contributed by atoms with E-state index < -0.39 is 0 Å². The minimum absolute atomic E-state index is 0.899. The summed E-state index contributed by atoms with van der Waals surface area (Å²) in [6.45, 7) is 0. The smallest absolute Gasteiger partial charge is 0.137 e. The highest BCUT2D eigenvalue weighted by Gasteiger charge is 2.17. The van der Waals surface area contributed by atoms with Gasteiger partial charge in [0.1, 0.15) is 11.2 Å². The Morgan fingerprint density at radius 2 is 1.04 bits per heavy atom. The summed E-state index contributed by atoms with van der Waals surface area (Å²) >= 11 is 1.86. The Labute approximate surface area is 263 Å². The first-order chi connectivity index (χ1) is 22.3. The largest absolute Gasteiger partial charge is 0.456 e. The van der Waals surface area contributed by atoms with Gasteiger partial charge in [-0.1, -0.05) is 91.0 Å². The van der Waals surface area contributed by atoms with E-state index in [1.807, 2.05) is 23.5 Å². The minimum Gasteiger partial charge on any atom is -0.456 e. The fourth-order valence-electron chi connectivity index (χ4n) is 7.05. The molecule has 0 saturated carbocycles. The Balaban J connectivity index is 1.22. The molecule has 210 valence electrons. The maximum atomic E-state index is 6.33. The third-order valence-corrected chi connectivity index (χ3v) is 10.4. The number of rotatable bonds is 3. The molecule has 3 heterocycles. The van der Waals surface area contributed by atoms with Crippen molar-refractivity contribution in [2.45, 2.75) is 0 Å². The summed E-state index contributed by atoms with van der Waals surface area (Å²) in [5, 5.41) is 7.40. The van der Waals surface area contributed by atoms with E-state index in [2.05, 4.69) is 144 Å². The summed E-state index contributed by atoms with van der Waals surface area (Å²) in [4.78, 5) is 0. The molecule has 0 saturated heterocycles. The Morgan fingerprint density at radius 3 is 1.96 bits per heavy atom. The van der Waals surface area contributed by atoms with Gasteiger partial charge in [-0.15, -0.1) is 11.3 Å². The molecule has 0 atom stereocenters. The van der Waals surface area contributed by atoms with Gasteiger partial charge in [0.15, 0.2) is 0 Å². The molecule has 0 amide bonds. The standard InChI is InChI=1S/C42H25NOS/c1-2-8-26(9-3-1)29-14-18-31-35-22-27(28-16-21-42-36(23-28)34-11-5-7-13-41(34)45-42)15-20-37(35)43(38(31)24-29)30-17-19-33-32-10-4-6-12-39(32)44-40(33)25-30/h1-25H. The van der Waals surface area contributed by atoms with Crippen molar-refractivity contribution in [3.8, 4) is 27.9 Å². The second-order valence-electron chi connectivity index (χ2n) is 11.8. The number of benzene rings is 7. The first-order valence-electron chi connectivity index (χ1n) is 15.3. The maximum absolute atomic E-state index is 6.33. The lowest BCUT2D eigenvalue weighted by molar-refractivity contribution is 0.668. The van der Waals surface area contributed by atoms with Gasteiger partial charge in [-0.25, -0.2) is 0 Å². The molecule has 0 N–H and O–H groups in total. The fourth-order valence-corrected chi connectivity index (χ4v) is 8.13. The molecule has 3 aromatic heterocycles. The van der Waals surface area contributed by atoms with E-state index in [0.29, 0.717) is 0 Å². The van der Waals surface area contributed by atoms with Crippen molar-refractivity contribution >= 4 is 75.3 Å². The second kappa shape index (κ2) is 9.43. The van der Waals surface area contributed by atoms with Crippen LogP contribution in [-0.4, -0.2) is 4.57 Å². The molecule has 0 aliphatic rings. The van der Waals surface area contributed by atoms with Gasteiger partial charge < -0.3 is 8.98 Å². The van der Waals surface area contributed by atoms with E-state index in [1.54, 1.807) is 0 Å². The maximum Gasteiger partial charge on any atom is 0.137 e. The summed E-state index contributed by atoms with van der Waals surface area (Å²) in [6.07, 6.45) is 0. The Kier molecular flexibility index (Phi) is 5.19. The van der Waals surface area contributed by atoms with Crippen molar-refractivity contribution in [2.75, 3.05) is 0 Å². The molecule has 0 bridgehead atoms. The molecule has 10 aromatic rings. The van der Waals surface area contributed by atoms with E-state index in [4.69, 9.17) is 4.42 Å². The SMILES string of the molecule is c1ccc(-c2ccc3c4cc(-c5ccc6sc7ccccc7c6c5)ccc4n(-c4ccc5c(c4)oc4ccccc45)c3c2)cc1. The minimum atomic E-state index is 0.899. The molecule has 3 heteroatoms. The summed E-state index contributed by atoms with van der Waals surface area (Å²) in [5.41, 5.74) is 10.1. The monoisotopic (exact) mass is 591 g/mol. The van der Waals surface area contributed by atoms with Gasteiger partial charge in [0.2, 0.25) is 0 Å². The Morgan fingerprint density at radius 1 is 0.378 bits per heavy atom. The third-order valence-electron chi connectivity index (χ3n) is 9.20. The van der Waals surface area contributed by atoms with Crippen LogP contribution in [0.5, 0.6) is 0 Å². The number of thiophene rings is 1. The Bertz CT molecular complexity index is 2760. The normalized spacial score (nSPS) is 12.0. The van der Waals surface area contributed by atoms with Gasteiger partial charge in [0.05, 0.1) is 11.0 Å². The van der Waals surface area contributed by atoms with Crippen LogP contribution in [0, 0.1) is 0 Å². The molecule has 0 aliphatic carbocycles. The number of furan rings is 1. The molecule has 0 unspecified atom stereocenters. The van der Waals surface area contributed by atoms with Crippen molar-refractivity contribution in [1.82, 2.24) is 4.57 Å². The molecular weight excluding hydrogens is 567 g/mol. The highest BCUT2D eigenvalue weighted by Crippen LogP contribution is 2.40. The molecule has 0 spiro atoms. The quantitative estimate of drug-likeness (QED) is 0.200. The van der Waals surface area contributed by atoms with Gasteiger partial charge in [-0.2, -0.15) is 0 Å². The average Bonchev–Trinajstić information content (AvgIpc) is 3.76. The second-order valence-corrected chi connectivity index (χ2v) is 12.8. The van der Waals surface area contributed by atoms with E-state index in [0.717, 1.165) is 27.6 Å². The van der Waals surface area contributed by atoms with Gasteiger partial charge in [0, 0.05) is 53.5 Å². The van der Waals surface area contributed by atoms with Crippen LogP contribution in [0.25, 0.3) is 91.9 Å². The molecule has 0 fully saturated rings. The topological polar surface area (TPSA) is 18.1 Å². The van der Waals surface area contributed by atoms with Crippen LogP contribution in [0.3, 0.4) is 0 Å². The summed E-state index contributed by atoms with van der Waals surface area (Å²) in [7, 11) is 0. The zero-order valence-electron chi connectivity index (χ0n) is 24.2. The van der Waals surface area contributed by atoms with E-state index in [-0.39, 0.29) is 0 Å².